The summed E-state index contributed by atoms with van der Waals surface area (Å²) in [5.41, 5.74) is 4.20. The van der Waals surface area contributed by atoms with E-state index in [0.717, 1.165) is 31.7 Å². The Labute approximate surface area is 104 Å². The molecule has 0 atom stereocenters. The van der Waals surface area contributed by atoms with Crippen molar-refractivity contribution < 1.29 is 0 Å². The van der Waals surface area contributed by atoms with Gasteiger partial charge in [0.05, 0.1) is 0 Å². The molecule has 0 unspecified atom stereocenters. The largest absolute Gasteiger partial charge is 0.361 e. The summed E-state index contributed by atoms with van der Waals surface area (Å²) in [5.74, 6) is 0.855. The molecule has 0 amide bonds. The van der Waals surface area contributed by atoms with E-state index in [1.807, 2.05) is 0 Å². The minimum absolute atomic E-state index is 0.652. The molecule has 3 nitrogen and oxygen atoms in total. The highest BCUT2D eigenvalue weighted by molar-refractivity contribution is 7.80. The maximum atomic E-state index is 5.13. The monoisotopic (exact) mass is 241 g/mol. The van der Waals surface area contributed by atoms with E-state index in [1.54, 1.807) is 0 Å². The van der Waals surface area contributed by atoms with E-state index in [4.69, 9.17) is 12.2 Å². The molecule has 0 heterocycles. The number of nitrogens with one attached hydrogen (secondary N) is 2. The van der Waals surface area contributed by atoms with Crippen LogP contribution in [0.25, 0.3) is 0 Å². The molecule has 0 radical (unpaired) electrons. The van der Waals surface area contributed by atoms with Gasteiger partial charge >= 0.3 is 0 Å². The molecule has 1 fully saturated rings. The van der Waals surface area contributed by atoms with Crippen LogP contribution in [0.1, 0.15) is 52.4 Å². The Morgan fingerprint density at radius 2 is 2.12 bits per heavy atom. The SMILES string of the molecule is CCCCNC(=S)NN=C1CCC(C)CC1. The summed E-state index contributed by atoms with van der Waals surface area (Å²) >= 11 is 5.13. The Kier molecular flexibility index (Phi) is 6.38. The fraction of sp³-hybridized carbons (Fsp3) is 0.833. The summed E-state index contributed by atoms with van der Waals surface area (Å²) in [6, 6.07) is 0. The van der Waals surface area contributed by atoms with Crippen molar-refractivity contribution >= 4 is 23.0 Å². The van der Waals surface area contributed by atoms with Gasteiger partial charge in [0.1, 0.15) is 0 Å². The average molecular weight is 241 g/mol. The van der Waals surface area contributed by atoms with Gasteiger partial charge in [0.25, 0.3) is 0 Å². The van der Waals surface area contributed by atoms with Crippen LogP contribution in [0.5, 0.6) is 0 Å². The fourth-order valence-corrected chi connectivity index (χ4v) is 1.90. The third kappa shape index (κ3) is 5.45. The Hall–Kier alpha value is -0.640. The second-order valence-electron chi connectivity index (χ2n) is 4.58. The lowest BCUT2D eigenvalue weighted by molar-refractivity contribution is 0.482. The van der Waals surface area contributed by atoms with Crippen molar-refractivity contribution in [2.24, 2.45) is 11.0 Å². The second kappa shape index (κ2) is 7.60. The summed E-state index contributed by atoms with van der Waals surface area (Å²) in [4.78, 5) is 0. The third-order valence-electron chi connectivity index (χ3n) is 2.98. The number of thiocarbonyl (C=S) groups is 1. The van der Waals surface area contributed by atoms with E-state index < -0.39 is 0 Å². The van der Waals surface area contributed by atoms with Crippen molar-refractivity contribution in [3.05, 3.63) is 0 Å². The summed E-state index contributed by atoms with van der Waals surface area (Å²) < 4.78 is 0. The van der Waals surface area contributed by atoms with Crippen LogP contribution in [0.15, 0.2) is 5.10 Å². The summed E-state index contributed by atoms with van der Waals surface area (Å²) in [6.45, 7) is 5.41. The molecular weight excluding hydrogens is 218 g/mol. The standard InChI is InChI=1S/C12H23N3S/c1-3-4-9-13-12(16)15-14-11-7-5-10(2)6-8-11/h10H,3-9H2,1-2H3,(H2,13,15,16). The zero-order valence-electron chi connectivity index (χ0n) is 10.4. The first-order valence-corrected chi connectivity index (χ1v) is 6.72. The molecule has 0 bridgehead atoms. The van der Waals surface area contributed by atoms with Gasteiger partial charge in [-0.1, -0.05) is 20.3 Å². The van der Waals surface area contributed by atoms with Gasteiger partial charge in [-0.15, -0.1) is 0 Å². The van der Waals surface area contributed by atoms with E-state index in [0.29, 0.717) is 5.11 Å². The molecule has 0 spiro atoms. The van der Waals surface area contributed by atoms with Crippen molar-refractivity contribution in [3.8, 4) is 0 Å². The highest BCUT2D eigenvalue weighted by Crippen LogP contribution is 2.20. The minimum Gasteiger partial charge on any atom is -0.361 e. The first-order chi connectivity index (χ1) is 7.72. The van der Waals surface area contributed by atoms with Gasteiger partial charge in [-0.2, -0.15) is 5.10 Å². The van der Waals surface area contributed by atoms with Gasteiger partial charge in [-0.05, 0) is 50.2 Å². The van der Waals surface area contributed by atoms with Crippen LogP contribution in [-0.4, -0.2) is 17.4 Å². The van der Waals surface area contributed by atoms with E-state index in [-0.39, 0.29) is 0 Å². The number of nitrogens with zero attached hydrogens (tertiary/aromatic N) is 1. The van der Waals surface area contributed by atoms with Gasteiger partial charge in [0.15, 0.2) is 5.11 Å². The zero-order chi connectivity index (χ0) is 11.8. The predicted molar refractivity (Wildman–Crippen MR) is 73.7 cm³/mol. The van der Waals surface area contributed by atoms with E-state index >= 15 is 0 Å². The van der Waals surface area contributed by atoms with Crippen molar-refractivity contribution in [3.63, 3.8) is 0 Å². The van der Waals surface area contributed by atoms with Crippen LogP contribution in [0.4, 0.5) is 0 Å². The molecule has 0 aromatic heterocycles. The number of hydrogen-bond donors (Lipinski definition) is 2. The normalized spacial score (nSPS) is 20.4. The van der Waals surface area contributed by atoms with Crippen LogP contribution in [-0.2, 0) is 0 Å². The lowest BCUT2D eigenvalue weighted by atomic mass is 9.90. The molecule has 92 valence electrons. The average Bonchev–Trinajstić information content (AvgIpc) is 2.29. The molecule has 1 aliphatic carbocycles. The van der Waals surface area contributed by atoms with Crippen molar-refractivity contribution in [2.45, 2.75) is 52.4 Å². The predicted octanol–water partition coefficient (Wildman–Crippen LogP) is 2.82. The molecule has 0 aliphatic heterocycles. The number of rotatable bonds is 4. The van der Waals surface area contributed by atoms with Crippen LogP contribution in [0.2, 0.25) is 0 Å². The molecule has 0 aromatic carbocycles. The van der Waals surface area contributed by atoms with Gasteiger partial charge in [-0.3, -0.25) is 5.43 Å². The summed E-state index contributed by atoms with van der Waals surface area (Å²) in [6.07, 6.45) is 7.09. The first kappa shape index (κ1) is 13.4. The maximum absolute atomic E-state index is 5.13. The zero-order valence-corrected chi connectivity index (χ0v) is 11.2. The van der Waals surface area contributed by atoms with Crippen LogP contribution in [0.3, 0.4) is 0 Å². The van der Waals surface area contributed by atoms with Gasteiger partial charge in [0, 0.05) is 12.3 Å². The van der Waals surface area contributed by atoms with Gasteiger partial charge < -0.3 is 5.32 Å². The number of hydrazone groups is 1. The van der Waals surface area contributed by atoms with Crippen LogP contribution in [0, 0.1) is 5.92 Å². The second-order valence-corrected chi connectivity index (χ2v) is 4.99. The Balaban J connectivity index is 2.17. The number of unbranched alkanes of at least 4 members (excludes halogenated alkanes) is 1. The van der Waals surface area contributed by atoms with E-state index in [9.17, 15) is 0 Å². The Morgan fingerprint density at radius 1 is 1.44 bits per heavy atom. The minimum atomic E-state index is 0.652. The molecule has 1 rings (SSSR count). The molecular formula is C12H23N3S. The highest BCUT2D eigenvalue weighted by Gasteiger charge is 2.13. The molecule has 2 N–H and O–H groups in total. The van der Waals surface area contributed by atoms with Gasteiger partial charge in [-0.25, -0.2) is 0 Å². The smallest absolute Gasteiger partial charge is 0.186 e. The van der Waals surface area contributed by atoms with E-state index in [1.165, 1.54) is 25.0 Å². The van der Waals surface area contributed by atoms with Crippen molar-refractivity contribution in [1.29, 1.82) is 0 Å². The third-order valence-corrected chi connectivity index (χ3v) is 3.22. The summed E-state index contributed by atoms with van der Waals surface area (Å²) in [5, 5.41) is 8.16. The Morgan fingerprint density at radius 3 is 2.75 bits per heavy atom. The molecule has 4 heteroatoms. The van der Waals surface area contributed by atoms with Crippen molar-refractivity contribution in [2.75, 3.05) is 6.54 Å². The highest BCUT2D eigenvalue weighted by atomic mass is 32.1. The molecule has 1 aliphatic rings. The molecule has 0 saturated heterocycles. The van der Waals surface area contributed by atoms with E-state index in [2.05, 4.69) is 29.7 Å². The van der Waals surface area contributed by atoms with Crippen molar-refractivity contribution in [1.82, 2.24) is 10.7 Å². The lowest BCUT2D eigenvalue weighted by Gasteiger charge is -2.19. The maximum Gasteiger partial charge on any atom is 0.186 e. The van der Waals surface area contributed by atoms with Gasteiger partial charge in [0.2, 0.25) is 0 Å². The molecule has 16 heavy (non-hydrogen) atoms. The lowest BCUT2D eigenvalue weighted by Crippen LogP contribution is -2.33. The fourth-order valence-electron chi connectivity index (χ4n) is 1.76. The number of hydrogen-bond acceptors (Lipinski definition) is 2. The quantitative estimate of drug-likeness (QED) is 0.451. The first-order valence-electron chi connectivity index (χ1n) is 6.31. The molecule has 0 aromatic rings. The molecule has 1 saturated carbocycles. The van der Waals surface area contributed by atoms with Crippen LogP contribution >= 0.6 is 12.2 Å². The van der Waals surface area contributed by atoms with Crippen LogP contribution < -0.4 is 10.7 Å². The Bertz CT molecular complexity index is 241. The topological polar surface area (TPSA) is 36.4 Å². The summed E-state index contributed by atoms with van der Waals surface area (Å²) in [7, 11) is 0.